The molecule has 0 N–H and O–H groups in total. The van der Waals surface area contributed by atoms with Crippen LogP contribution in [0.2, 0.25) is 0 Å². The van der Waals surface area contributed by atoms with E-state index in [0.29, 0.717) is 0 Å². The topological polar surface area (TPSA) is 6.25 Å². The van der Waals surface area contributed by atoms with E-state index in [1.54, 1.807) is 0 Å². The number of allylic oxidation sites excluding steroid dienone is 1. The van der Waals surface area contributed by atoms with Crippen LogP contribution in [0.1, 0.15) is 70.7 Å². The van der Waals surface area contributed by atoms with Gasteiger partial charge in [-0.25, -0.2) is 4.58 Å². The van der Waals surface area contributed by atoms with Crippen LogP contribution in [0, 0.1) is 6.92 Å². The normalized spacial score (nSPS) is 18.0. The molecule has 0 aromatic heterocycles. The summed E-state index contributed by atoms with van der Waals surface area (Å²) < 4.78 is 2.47. The summed E-state index contributed by atoms with van der Waals surface area (Å²) in [6.07, 6.45) is 4.54. The molecule has 2 aliphatic rings. The largest absolute Gasteiger partial charge is 0.372 e. The zero-order chi connectivity index (χ0) is 21.8. The monoisotopic (exact) mass is 399 g/mol. The molecule has 2 aromatic rings. The number of hydrogen-bond donors (Lipinski definition) is 0. The Kier molecular flexibility index (Phi) is 4.96. The van der Waals surface area contributed by atoms with Crippen molar-refractivity contribution < 1.29 is 0 Å². The van der Waals surface area contributed by atoms with Crippen LogP contribution >= 0.6 is 0 Å². The third-order valence-corrected chi connectivity index (χ3v) is 7.11. The second-order valence-electron chi connectivity index (χ2n) is 9.67. The highest BCUT2D eigenvalue weighted by Crippen LogP contribution is 2.37. The maximum Gasteiger partial charge on any atom is 0.208 e. The van der Waals surface area contributed by atoms with E-state index >= 15 is 0 Å². The van der Waals surface area contributed by atoms with Crippen molar-refractivity contribution in [2.24, 2.45) is 0 Å². The summed E-state index contributed by atoms with van der Waals surface area (Å²) in [5.74, 6) is 0. The molecular weight excluding hydrogens is 364 g/mol. The quantitative estimate of drug-likeness (QED) is 0.691. The van der Waals surface area contributed by atoms with Gasteiger partial charge < -0.3 is 4.90 Å². The third-order valence-electron chi connectivity index (χ3n) is 7.11. The first-order valence-corrected chi connectivity index (χ1v) is 11.3. The van der Waals surface area contributed by atoms with Crippen molar-refractivity contribution in [3.63, 3.8) is 0 Å². The van der Waals surface area contributed by atoms with E-state index in [2.05, 4.69) is 100 Å². The summed E-state index contributed by atoms with van der Waals surface area (Å²) in [4.78, 5) is 2.42. The molecule has 2 aromatic carbocycles. The van der Waals surface area contributed by atoms with E-state index in [9.17, 15) is 0 Å². The predicted molar refractivity (Wildman–Crippen MR) is 130 cm³/mol. The highest BCUT2D eigenvalue weighted by Gasteiger charge is 2.36. The van der Waals surface area contributed by atoms with Gasteiger partial charge in [0.1, 0.15) is 6.54 Å². The molecule has 1 aliphatic heterocycles. The van der Waals surface area contributed by atoms with E-state index in [-0.39, 0.29) is 11.0 Å². The first-order chi connectivity index (χ1) is 14.1. The minimum atomic E-state index is -0.0869. The van der Waals surface area contributed by atoms with Crippen LogP contribution in [0.3, 0.4) is 0 Å². The summed E-state index contributed by atoms with van der Waals surface area (Å²) >= 11 is 0. The van der Waals surface area contributed by atoms with Gasteiger partial charge >= 0.3 is 0 Å². The molecule has 0 atom stereocenters. The highest BCUT2D eigenvalue weighted by molar-refractivity contribution is 5.74. The first kappa shape index (κ1) is 20.9. The number of anilines is 1. The Morgan fingerprint density at radius 2 is 1.63 bits per heavy atom. The number of nitrogens with zero attached hydrogens (tertiary/aromatic N) is 2. The summed E-state index contributed by atoms with van der Waals surface area (Å²) in [6, 6.07) is 11.7. The molecule has 156 valence electrons. The van der Waals surface area contributed by atoms with Crippen molar-refractivity contribution in [2.45, 2.75) is 59.4 Å². The van der Waals surface area contributed by atoms with Crippen molar-refractivity contribution in [2.75, 3.05) is 24.5 Å². The van der Waals surface area contributed by atoms with Gasteiger partial charge in [-0.15, -0.1) is 0 Å². The van der Waals surface area contributed by atoms with Crippen molar-refractivity contribution >= 4 is 17.3 Å². The zero-order valence-electron chi connectivity index (χ0n) is 19.6. The second kappa shape index (κ2) is 7.11. The predicted octanol–water partition coefficient (Wildman–Crippen LogP) is 4.40. The molecule has 0 fully saturated rings. The summed E-state index contributed by atoms with van der Waals surface area (Å²) in [5.41, 5.74) is 7.30. The van der Waals surface area contributed by atoms with Crippen LogP contribution in [0.15, 0.2) is 36.4 Å². The summed E-state index contributed by atoms with van der Waals surface area (Å²) in [7, 11) is 0. The van der Waals surface area contributed by atoms with Crippen LogP contribution in [-0.4, -0.2) is 25.2 Å². The SMILES string of the molecule is [CH]C1=CC(C)(C)[N+](CC)=c2cc3c(cc21)=Cc1ccc(N(CC)CC)cc1C3(C)C. The van der Waals surface area contributed by atoms with Crippen molar-refractivity contribution in [1.82, 2.24) is 4.58 Å². The van der Waals surface area contributed by atoms with Crippen molar-refractivity contribution in [3.05, 3.63) is 76.2 Å². The molecule has 2 nitrogen and oxygen atoms in total. The minimum Gasteiger partial charge on any atom is -0.372 e. The Labute approximate surface area is 182 Å². The number of rotatable bonds is 4. The van der Waals surface area contributed by atoms with Crippen LogP contribution < -0.4 is 20.1 Å². The number of fused-ring (bicyclic) bond motifs is 3. The van der Waals surface area contributed by atoms with Gasteiger partial charge in [0, 0.05) is 49.7 Å². The highest BCUT2D eigenvalue weighted by atomic mass is 15.1. The number of hydrogen-bond acceptors (Lipinski definition) is 1. The van der Waals surface area contributed by atoms with Gasteiger partial charge in [0.05, 0.1) is 0 Å². The molecule has 0 saturated carbocycles. The lowest BCUT2D eigenvalue weighted by Gasteiger charge is -2.34. The maximum absolute atomic E-state index is 6.53. The first-order valence-electron chi connectivity index (χ1n) is 11.3. The lowest BCUT2D eigenvalue weighted by atomic mass is 9.71. The van der Waals surface area contributed by atoms with E-state index in [1.165, 1.54) is 33.0 Å². The van der Waals surface area contributed by atoms with Gasteiger partial charge in [-0.3, -0.25) is 0 Å². The zero-order valence-corrected chi connectivity index (χ0v) is 19.6. The second-order valence-corrected chi connectivity index (χ2v) is 9.67. The fraction of sp³-hybridized carbons (Fsp3) is 0.429. The molecule has 2 heteroatoms. The Bertz CT molecular complexity index is 1160. The van der Waals surface area contributed by atoms with Crippen LogP contribution in [0.4, 0.5) is 5.69 Å². The molecule has 0 saturated heterocycles. The molecule has 4 rings (SSSR count). The van der Waals surface area contributed by atoms with Crippen molar-refractivity contribution in [1.29, 1.82) is 0 Å². The van der Waals surface area contributed by atoms with E-state index in [0.717, 1.165) is 30.8 Å². The third kappa shape index (κ3) is 3.04. The van der Waals surface area contributed by atoms with Crippen molar-refractivity contribution in [3.8, 4) is 0 Å². The van der Waals surface area contributed by atoms with Crippen LogP contribution in [-0.2, 0) is 5.41 Å². The van der Waals surface area contributed by atoms with E-state index < -0.39 is 0 Å². The Hall–Kier alpha value is -2.35. The molecule has 1 aliphatic carbocycles. The Balaban J connectivity index is 2.02. The van der Waals surface area contributed by atoms with Gasteiger partial charge in [-0.05, 0) is 85.5 Å². The average molecular weight is 400 g/mol. The van der Waals surface area contributed by atoms with E-state index in [1.807, 2.05) is 0 Å². The Morgan fingerprint density at radius 1 is 0.933 bits per heavy atom. The molecule has 0 spiro atoms. The lowest BCUT2D eigenvalue weighted by Crippen LogP contribution is -2.50. The Morgan fingerprint density at radius 3 is 2.27 bits per heavy atom. The molecule has 0 unspecified atom stereocenters. The van der Waals surface area contributed by atoms with Crippen LogP contribution in [0.25, 0.3) is 11.6 Å². The molecule has 2 radical (unpaired) electrons. The molecule has 0 bridgehead atoms. The van der Waals surface area contributed by atoms with Gasteiger partial charge in [0.15, 0.2) is 5.54 Å². The van der Waals surface area contributed by atoms with Gasteiger partial charge in [-0.2, -0.15) is 0 Å². The van der Waals surface area contributed by atoms with Gasteiger partial charge in [-0.1, -0.05) is 19.9 Å². The van der Waals surface area contributed by atoms with Crippen LogP contribution in [0.5, 0.6) is 0 Å². The smallest absolute Gasteiger partial charge is 0.208 e. The molecule has 1 heterocycles. The lowest BCUT2D eigenvalue weighted by molar-refractivity contribution is 0.402. The van der Waals surface area contributed by atoms with E-state index in [4.69, 9.17) is 6.92 Å². The molecular formula is C28H35N2+. The summed E-state index contributed by atoms with van der Waals surface area (Å²) in [6.45, 7) is 25.4. The molecule has 30 heavy (non-hydrogen) atoms. The standard InChI is InChI=1S/C28H35N2/c1-9-29(10-2)22-13-12-20-14-21-15-23-19(4)18-27(5,6)30(11-3)26(23)17-25(21)28(7,8)24(20)16-22/h4,12-18H,9-11H2,1-3,5-8H3/q+1. The number of benzene rings is 2. The fourth-order valence-corrected chi connectivity index (χ4v) is 5.45. The van der Waals surface area contributed by atoms with Gasteiger partial charge in [0.25, 0.3) is 0 Å². The molecule has 0 amide bonds. The maximum atomic E-state index is 6.53. The fourth-order valence-electron chi connectivity index (χ4n) is 5.45. The average Bonchev–Trinajstić information content (AvgIpc) is 2.68. The number of likely N-dealkylation sites (N-methyl/N-ethyl adjacent to an activating group) is 1. The minimum absolute atomic E-state index is 0.0723. The van der Waals surface area contributed by atoms with Gasteiger partial charge in [0.2, 0.25) is 5.36 Å². The summed E-state index contributed by atoms with van der Waals surface area (Å²) in [5, 5.41) is 2.54.